The van der Waals surface area contributed by atoms with Crippen LogP contribution >= 0.6 is 24.0 Å². The highest BCUT2D eigenvalue weighted by molar-refractivity contribution is 6.30. The Morgan fingerprint density at radius 2 is 2.06 bits per heavy atom. The van der Waals surface area contributed by atoms with E-state index in [-0.39, 0.29) is 30.8 Å². The van der Waals surface area contributed by atoms with Crippen molar-refractivity contribution in [3.63, 3.8) is 0 Å². The number of ether oxygens (including phenoxy) is 1. The van der Waals surface area contributed by atoms with Crippen molar-refractivity contribution < 1.29 is 9.53 Å². The fourth-order valence-corrected chi connectivity index (χ4v) is 1.47. The Morgan fingerprint density at radius 3 is 2.56 bits per heavy atom. The molecule has 1 aromatic rings. The van der Waals surface area contributed by atoms with E-state index in [9.17, 15) is 4.79 Å². The monoisotopic (exact) mass is 292 g/mol. The van der Waals surface area contributed by atoms with Crippen LogP contribution < -0.4 is 11.1 Å². The molecular formula is C12H18Cl2N2O2. The highest BCUT2D eigenvalue weighted by atomic mass is 35.5. The van der Waals surface area contributed by atoms with Gasteiger partial charge in [-0.05, 0) is 17.7 Å². The molecule has 1 amide bonds. The first-order valence-corrected chi connectivity index (χ1v) is 5.77. The largest absolute Gasteiger partial charge is 0.380 e. The zero-order chi connectivity index (χ0) is 12.7. The SMILES string of the molecule is COC(CN)CC(=O)NCc1ccc(Cl)cc1.Cl. The fourth-order valence-electron chi connectivity index (χ4n) is 1.34. The molecule has 0 radical (unpaired) electrons. The molecular weight excluding hydrogens is 275 g/mol. The molecule has 0 aliphatic rings. The summed E-state index contributed by atoms with van der Waals surface area (Å²) in [6, 6.07) is 7.33. The molecule has 4 nitrogen and oxygen atoms in total. The van der Waals surface area contributed by atoms with E-state index in [0.29, 0.717) is 18.1 Å². The minimum atomic E-state index is -0.222. The number of methoxy groups -OCH3 is 1. The molecule has 1 aromatic carbocycles. The first-order chi connectivity index (χ1) is 8.15. The van der Waals surface area contributed by atoms with Gasteiger partial charge in [-0.25, -0.2) is 0 Å². The summed E-state index contributed by atoms with van der Waals surface area (Å²) in [6.07, 6.45) is 0.0563. The van der Waals surface area contributed by atoms with Crippen LogP contribution in [0.25, 0.3) is 0 Å². The Balaban J connectivity index is 0.00000289. The number of hydrogen-bond acceptors (Lipinski definition) is 3. The van der Waals surface area contributed by atoms with Crippen LogP contribution in [0.4, 0.5) is 0 Å². The van der Waals surface area contributed by atoms with E-state index < -0.39 is 0 Å². The van der Waals surface area contributed by atoms with E-state index in [1.165, 1.54) is 0 Å². The third-order valence-corrected chi connectivity index (χ3v) is 2.66. The van der Waals surface area contributed by atoms with Gasteiger partial charge in [0, 0.05) is 25.2 Å². The van der Waals surface area contributed by atoms with Crippen molar-refractivity contribution in [3.05, 3.63) is 34.9 Å². The zero-order valence-corrected chi connectivity index (χ0v) is 11.8. The molecule has 1 rings (SSSR count). The number of nitrogens with one attached hydrogen (secondary N) is 1. The van der Waals surface area contributed by atoms with E-state index in [1.807, 2.05) is 12.1 Å². The van der Waals surface area contributed by atoms with Crippen LogP contribution in [0.2, 0.25) is 5.02 Å². The Morgan fingerprint density at radius 1 is 1.44 bits per heavy atom. The van der Waals surface area contributed by atoms with Gasteiger partial charge in [0.1, 0.15) is 0 Å². The minimum absolute atomic E-state index is 0. The number of halogens is 2. The van der Waals surface area contributed by atoms with Crippen molar-refractivity contribution in [2.75, 3.05) is 13.7 Å². The summed E-state index contributed by atoms with van der Waals surface area (Å²) in [7, 11) is 1.55. The lowest BCUT2D eigenvalue weighted by Crippen LogP contribution is -2.31. The van der Waals surface area contributed by atoms with Gasteiger partial charge in [-0.3, -0.25) is 4.79 Å². The quantitative estimate of drug-likeness (QED) is 0.839. The van der Waals surface area contributed by atoms with Crippen molar-refractivity contribution in [1.29, 1.82) is 0 Å². The predicted molar refractivity (Wildman–Crippen MR) is 75.0 cm³/mol. The smallest absolute Gasteiger partial charge is 0.222 e. The van der Waals surface area contributed by atoms with E-state index in [0.717, 1.165) is 5.56 Å². The second-order valence-electron chi connectivity index (χ2n) is 3.70. The summed E-state index contributed by atoms with van der Waals surface area (Å²) in [4.78, 5) is 11.5. The molecule has 0 saturated carbocycles. The van der Waals surface area contributed by atoms with Crippen LogP contribution in [0.15, 0.2) is 24.3 Å². The molecule has 0 aromatic heterocycles. The van der Waals surface area contributed by atoms with Crippen molar-refractivity contribution in [2.45, 2.75) is 19.1 Å². The van der Waals surface area contributed by atoms with Crippen LogP contribution in [0.1, 0.15) is 12.0 Å². The predicted octanol–water partition coefficient (Wildman–Crippen LogP) is 1.74. The maximum absolute atomic E-state index is 11.5. The Kier molecular flexibility index (Phi) is 8.75. The van der Waals surface area contributed by atoms with Gasteiger partial charge < -0.3 is 15.8 Å². The van der Waals surface area contributed by atoms with Gasteiger partial charge in [0.25, 0.3) is 0 Å². The van der Waals surface area contributed by atoms with Crippen molar-refractivity contribution >= 4 is 29.9 Å². The van der Waals surface area contributed by atoms with Crippen molar-refractivity contribution in [1.82, 2.24) is 5.32 Å². The van der Waals surface area contributed by atoms with Gasteiger partial charge >= 0.3 is 0 Å². The normalized spacial score (nSPS) is 11.5. The molecule has 1 unspecified atom stereocenters. The number of carbonyl (C=O) groups is 1. The van der Waals surface area contributed by atoms with Crippen molar-refractivity contribution in [2.24, 2.45) is 5.73 Å². The lowest BCUT2D eigenvalue weighted by molar-refractivity contribution is -0.123. The van der Waals surface area contributed by atoms with Crippen molar-refractivity contribution in [3.8, 4) is 0 Å². The molecule has 0 heterocycles. The van der Waals surface area contributed by atoms with Gasteiger partial charge in [-0.1, -0.05) is 23.7 Å². The Bertz CT molecular complexity index is 354. The van der Waals surface area contributed by atoms with E-state index >= 15 is 0 Å². The molecule has 18 heavy (non-hydrogen) atoms. The number of rotatable bonds is 6. The molecule has 3 N–H and O–H groups in total. The number of amides is 1. The third kappa shape index (κ3) is 6.21. The van der Waals surface area contributed by atoms with E-state index in [4.69, 9.17) is 22.1 Å². The Labute approximate surface area is 118 Å². The number of benzene rings is 1. The lowest BCUT2D eigenvalue weighted by Gasteiger charge is -2.12. The molecule has 1 atom stereocenters. The highest BCUT2D eigenvalue weighted by Gasteiger charge is 2.10. The lowest BCUT2D eigenvalue weighted by atomic mass is 10.2. The first kappa shape index (κ1) is 17.2. The molecule has 6 heteroatoms. The van der Waals surface area contributed by atoms with Crippen LogP contribution in [0, 0.1) is 0 Å². The first-order valence-electron chi connectivity index (χ1n) is 5.39. The van der Waals surface area contributed by atoms with Crippen LogP contribution in [-0.4, -0.2) is 25.7 Å². The number of carbonyl (C=O) groups excluding carboxylic acids is 1. The molecule has 0 spiro atoms. The van der Waals surface area contributed by atoms with Crippen LogP contribution in [0.3, 0.4) is 0 Å². The second-order valence-corrected chi connectivity index (χ2v) is 4.14. The van der Waals surface area contributed by atoms with E-state index in [2.05, 4.69) is 5.32 Å². The highest BCUT2D eigenvalue weighted by Crippen LogP contribution is 2.09. The maximum Gasteiger partial charge on any atom is 0.222 e. The molecule has 0 aliphatic carbocycles. The third-order valence-electron chi connectivity index (χ3n) is 2.41. The summed E-state index contributed by atoms with van der Waals surface area (Å²) in [5.41, 5.74) is 6.44. The maximum atomic E-state index is 11.5. The molecule has 102 valence electrons. The van der Waals surface area contributed by atoms with Gasteiger partial charge in [0.15, 0.2) is 0 Å². The Hall–Kier alpha value is -0.810. The standard InChI is InChI=1S/C12H17ClN2O2.ClH/c1-17-11(7-14)6-12(16)15-8-9-2-4-10(13)5-3-9;/h2-5,11H,6-8,14H2,1H3,(H,15,16);1H. The van der Waals surface area contributed by atoms with Crippen LogP contribution in [0.5, 0.6) is 0 Å². The fraction of sp³-hybridized carbons (Fsp3) is 0.417. The average molecular weight is 293 g/mol. The van der Waals surface area contributed by atoms with Gasteiger partial charge in [-0.15, -0.1) is 12.4 Å². The van der Waals surface area contributed by atoms with E-state index in [1.54, 1.807) is 19.2 Å². The second kappa shape index (κ2) is 9.16. The summed E-state index contributed by atoms with van der Waals surface area (Å²) in [6.45, 7) is 0.821. The summed E-state index contributed by atoms with van der Waals surface area (Å²) in [5.74, 6) is -0.0720. The molecule has 0 bridgehead atoms. The molecule has 0 fully saturated rings. The van der Waals surface area contributed by atoms with Gasteiger partial charge in [0.05, 0.1) is 12.5 Å². The zero-order valence-electron chi connectivity index (χ0n) is 10.2. The average Bonchev–Trinajstić information content (AvgIpc) is 2.35. The molecule has 0 aliphatic heterocycles. The summed E-state index contributed by atoms with van der Waals surface area (Å²) < 4.78 is 5.03. The summed E-state index contributed by atoms with van der Waals surface area (Å²) in [5, 5.41) is 3.48. The van der Waals surface area contributed by atoms with Gasteiger partial charge in [0.2, 0.25) is 5.91 Å². The minimum Gasteiger partial charge on any atom is -0.380 e. The molecule has 0 saturated heterocycles. The summed E-state index contributed by atoms with van der Waals surface area (Å²) >= 11 is 5.76. The topological polar surface area (TPSA) is 64.3 Å². The van der Waals surface area contributed by atoms with Gasteiger partial charge in [-0.2, -0.15) is 0 Å². The number of hydrogen-bond donors (Lipinski definition) is 2. The number of nitrogens with two attached hydrogens (primary N) is 1. The van der Waals surface area contributed by atoms with Crippen LogP contribution in [-0.2, 0) is 16.1 Å².